The lowest BCUT2D eigenvalue weighted by molar-refractivity contribution is -0.125. The fourth-order valence-electron chi connectivity index (χ4n) is 5.76. The van der Waals surface area contributed by atoms with E-state index in [-0.39, 0.29) is 18.4 Å². The van der Waals surface area contributed by atoms with Gasteiger partial charge in [0.15, 0.2) is 0 Å². The van der Waals surface area contributed by atoms with Crippen LogP contribution >= 0.6 is 0 Å². The van der Waals surface area contributed by atoms with Crippen LogP contribution in [0.25, 0.3) is 0 Å². The molecule has 2 saturated heterocycles. The minimum absolute atomic E-state index is 0.00443. The molecule has 2 aliphatic heterocycles. The van der Waals surface area contributed by atoms with Gasteiger partial charge in [0.2, 0.25) is 5.91 Å². The van der Waals surface area contributed by atoms with Gasteiger partial charge in [0.25, 0.3) is 5.91 Å². The standard InChI is InChI=1S/C24H37N3O4/c1-15-22(19-6-4-5-7-20(19)31-15)23(30)25-12-16-10-17-8-9-18(11-16)27(17)13-21(29)26-24(2,3)14-28/h16-18,28H,4-14H2,1-3H3,(H,25,30)(H,26,29)/t16?,17-,18+. The van der Waals surface area contributed by atoms with Crippen molar-refractivity contribution in [2.75, 3.05) is 19.7 Å². The number of amides is 2. The number of carbonyl (C=O) groups excluding carboxylic acids is 2. The highest BCUT2D eigenvalue weighted by molar-refractivity contribution is 5.97. The molecular formula is C24H37N3O4. The first-order chi connectivity index (χ1) is 14.8. The van der Waals surface area contributed by atoms with Gasteiger partial charge in [-0.15, -0.1) is 0 Å². The molecule has 1 unspecified atom stereocenters. The van der Waals surface area contributed by atoms with Crippen molar-refractivity contribution >= 4 is 11.8 Å². The lowest BCUT2D eigenvalue weighted by atomic mass is 9.90. The second kappa shape index (κ2) is 8.94. The van der Waals surface area contributed by atoms with E-state index in [0.29, 0.717) is 31.1 Å². The normalized spacial score (nSPS) is 25.9. The van der Waals surface area contributed by atoms with Crippen molar-refractivity contribution in [2.45, 2.75) is 89.8 Å². The third kappa shape index (κ3) is 4.82. The van der Waals surface area contributed by atoms with E-state index >= 15 is 0 Å². The molecule has 1 aliphatic carbocycles. The number of hydrogen-bond donors (Lipinski definition) is 3. The van der Waals surface area contributed by atoms with Gasteiger partial charge in [-0.1, -0.05) is 0 Å². The molecule has 172 valence electrons. The van der Waals surface area contributed by atoms with Crippen LogP contribution in [0, 0.1) is 12.8 Å². The zero-order valence-corrected chi connectivity index (χ0v) is 19.1. The Labute approximate surface area is 184 Å². The average Bonchev–Trinajstić information content (AvgIpc) is 3.16. The Morgan fingerprint density at radius 1 is 1.16 bits per heavy atom. The summed E-state index contributed by atoms with van der Waals surface area (Å²) in [5, 5.41) is 15.5. The van der Waals surface area contributed by atoms with Crippen LogP contribution in [0.1, 0.15) is 79.8 Å². The summed E-state index contributed by atoms with van der Waals surface area (Å²) < 4.78 is 5.87. The van der Waals surface area contributed by atoms with Crippen LogP contribution < -0.4 is 10.6 Å². The molecule has 0 saturated carbocycles. The van der Waals surface area contributed by atoms with Crippen LogP contribution in [0.4, 0.5) is 0 Å². The third-order valence-electron chi connectivity index (χ3n) is 7.31. The molecule has 1 aromatic heterocycles. The first-order valence-corrected chi connectivity index (χ1v) is 11.8. The molecular weight excluding hydrogens is 394 g/mol. The Bertz CT molecular complexity index is 817. The van der Waals surface area contributed by atoms with E-state index in [0.717, 1.165) is 74.0 Å². The number of aliphatic hydroxyl groups is 1. The van der Waals surface area contributed by atoms with Gasteiger partial charge < -0.3 is 20.2 Å². The highest BCUT2D eigenvalue weighted by atomic mass is 16.3. The molecule has 1 aromatic rings. The van der Waals surface area contributed by atoms with Crippen molar-refractivity contribution in [1.82, 2.24) is 15.5 Å². The Morgan fingerprint density at radius 3 is 2.52 bits per heavy atom. The van der Waals surface area contributed by atoms with Crippen LogP contribution in [-0.4, -0.2) is 59.1 Å². The number of piperidine rings is 1. The first-order valence-electron chi connectivity index (χ1n) is 11.8. The fourth-order valence-corrected chi connectivity index (χ4v) is 5.76. The largest absolute Gasteiger partial charge is 0.465 e. The minimum atomic E-state index is -0.594. The molecule has 2 fully saturated rings. The Hall–Kier alpha value is -1.86. The Morgan fingerprint density at radius 2 is 1.84 bits per heavy atom. The molecule has 0 radical (unpaired) electrons. The van der Waals surface area contributed by atoms with E-state index in [1.54, 1.807) is 0 Å². The SMILES string of the molecule is Cc1oc2c(c1C(=O)NCC1C[C@H]3CC[C@@H](C1)N3CC(=O)NC(C)(C)CO)CCCC2. The summed E-state index contributed by atoms with van der Waals surface area (Å²) in [6.45, 7) is 6.54. The van der Waals surface area contributed by atoms with E-state index in [4.69, 9.17) is 4.42 Å². The number of furan rings is 1. The van der Waals surface area contributed by atoms with Crippen molar-refractivity contribution in [3.8, 4) is 0 Å². The van der Waals surface area contributed by atoms with E-state index in [2.05, 4.69) is 15.5 Å². The van der Waals surface area contributed by atoms with E-state index < -0.39 is 5.54 Å². The number of carbonyl (C=O) groups is 2. The Balaban J connectivity index is 1.30. The van der Waals surface area contributed by atoms with Gasteiger partial charge in [-0.3, -0.25) is 14.5 Å². The molecule has 3 atom stereocenters. The van der Waals surface area contributed by atoms with Crippen molar-refractivity contribution < 1.29 is 19.1 Å². The monoisotopic (exact) mass is 431 g/mol. The van der Waals surface area contributed by atoms with E-state index in [1.165, 1.54) is 0 Å². The first kappa shape index (κ1) is 22.3. The van der Waals surface area contributed by atoms with E-state index in [9.17, 15) is 14.7 Å². The number of aliphatic hydroxyl groups excluding tert-OH is 1. The molecule has 0 spiro atoms. The van der Waals surface area contributed by atoms with Gasteiger partial charge in [-0.2, -0.15) is 0 Å². The predicted octanol–water partition coefficient (Wildman–Crippen LogP) is 2.33. The predicted molar refractivity (Wildman–Crippen MR) is 118 cm³/mol. The smallest absolute Gasteiger partial charge is 0.255 e. The number of aryl methyl sites for hydroxylation is 2. The molecule has 3 N–H and O–H groups in total. The van der Waals surface area contributed by atoms with Gasteiger partial charge in [0, 0.05) is 30.6 Å². The topological polar surface area (TPSA) is 94.8 Å². The van der Waals surface area contributed by atoms with Crippen molar-refractivity contribution in [3.05, 3.63) is 22.6 Å². The summed E-state index contributed by atoms with van der Waals surface area (Å²) in [5.74, 6) is 2.17. The number of nitrogens with zero attached hydrogens (tertiary/aromatic N) is 1. The summed E-state index contributed by atoms with van der Waals surface area (Å²) in [4.78, 5) is 27.7. The maximum Gasteiger partial charge on any atom is 0.255 e. The molecule has 7 heteroatoms. The molecule has 2 bridgehead atoms. The summed E-state index contributed by atoms with van der Waals surface area (Å²) in [7, 11) is 0. The van der Waals surface area contributed by atoms with Gasteiger partial charge in [-0.25, -0.2) is 0 Å². The number of fused-ring (bicyclic) bond motifs is 3. The molecule has 3 aliphatic rings. The summed E-state index contributed by atoms with van der Waals surface area (Å²) in [6, 6.07) is 0.791. The van der Waals surface area contributed by atoms with Crippen LogP contribution in [0.5, 0.6) is 0 Å². The van der Waals surface area contributed by atoms with Gasteiger partial charge in [0.1, 0.15) is 11.5 Å². The number of hydrogen-bond acceptors (Lipinski definition) is 5. The van der Waals surface area contributed by atoms with Crippen molar-refractivity contribution in [1.29, 1.82) is 0 Å². The van der Waals surface area contributed by atoms with E-state index in [1.807, 2.05) is 20.8 Å². The highest BCUT2D eigenvalue weighted by Gasteiger charge is 2.41. The summed E-state index contributed by atoms with van der Waals surface area (Å²) in [5.41, 5.74) is 1.29. The lowest BCUT2D eigenvalue weighted by Gasteiger charge is -2.39. The number of rotatable bonds is 7. The number of nitrogens with one attached hydrogen (secondary N) is 2. The second-order valence-corrected chi connectivity index (χ2v) is 10.3. The maximum atomic E-state index is 12.9. The van der Waals surface area contributed by atoms with Crippen LogP contribution in [0.2, 0.25) is 0 Å². The quantitative estimate of drug-likeness (QED) is 0.616. The molecule has 4 rings (SSSR count). The van der Waals surface area contributed by atoms with Gasteiger partial charge in [0.05, 0.1) is 24.3 Å². The second-order valence-electron chi connectivity index (χ2n) is 10.3. The highest BCUT2D eigenvalue weighted by Crippen LogP contribution is 2.38. The van der Waals surface area contributed by atoms with Crippen molar-refractivity contribution in [2.24, 2.45) is 5.92 Å². The van der Waals surface area contributed by atoms with Crippen molar-refractivity contribution in [3.63, 3.8) is 0 Å². The maximum absolute atomic E-state index is 12.9. The fraction of sp³-hybridized carbons (Fsp3) is 0.750. The average molecular weight is 432 g/mol. The van der Waals surface area contributed by atoms with Crippen LogP contribution in [0.15, 0.2) is 4.42 Å². The van der Waals surface area contributed by atoms with Gasteiger partial charge >= 0.3 is 0 Å². The zero-order chi connectivity index (χ0) is 22.2. The zero-order valence-electron chi connectivity index (χ0n) is 19.1. The van der Waals surface area contributed by atoms with Crippen LogP contribution in [0.3, 0.4) is 0 Å². The molecule has 31 heavy (non-hydrogen) atoms. The minimum Gasteiger partial charge on any atom is -0.465 e. The molecule has 0 aromatic carbocycles. The summed E-state index contributed by atoms with van der Waals surface area (Å²) >= 11 is 0. The summed E-state index contributed by atoms with van der Waals surface area (Å²) in [6.07, 6.45) is 8.38. The molecule has 2 amide bonds. The molecule has 7 nitrogen and oxygen atoms in total. The molecule has 3 heterocycles. The Kier molecular flexibility index (Phi) is 6.44. The lowest BCUT2D eigenvalue weighted by Crippen LogP contribution is -2.53. The van der Waals surface area contributed by atoms with Gasteiger partial charge in [-0.05, 0) is 71.6 Å². The van der Waals surface area contributed by atoms with Crippen LogP contribution in [-0.2, 0) is 17.6 Å². The third-order valence-corrected chi connectivity index (χ3v) is 7.31.